The van der Waals surface area contributed by atoms with Gasteiger partial charge in [0.1, 0.15) is 6.61 Å². The first-order chi connectivity index (χ1) is 7.97. The van der Waals surface area contributed by atoms with Crippen LogP contribution in [0.3, 0.4) is 0 Å². The molecule has 0 aliphatic carbocycles. The molecule has 98 valence electrons. The Labute approximate surface area is 101 Å². The first kappa shape index (κ1) is 14.4. The molecule has 0 fully saturated rings. The normalized spacial score (nSPS) is 14.2. The molecule has 7 heteroatoms. The maximum Gasteiger partial charge on any atom is 0.330 e. The van der Waals surface area contributed by atoms with Crippen molar-refractivity contribution in [1.82, 2.24) is 5.32 Å². The van der Waals surface area contributed by atoms with Gasteiger partial charge >= 0.3 is 12.3 Å². The molecule has 0 bridgehead atoms. The highest BCUT2D eigenvalue weighted by atomic mass is 32.1. The van der Waals surface area contributed by atoms with Crippen molar-refractivity contribution in [2.24, 2.45) is 0 Å². The van der Waals surface area contributed by atoms with Crippen molar-refractivity contribution < 1.29 is 22.3 Å². The fraction of sp³-hybridized carbons (Fsp3) is 0.600. The minimum Gasteiger partial charge on any atom is -0.373 e. The van der Waals surface area contributed by atoms with Gasteiger partial charge in [0.25, 0.3) is 0 Å². The van der Waals surface area contributed by atoms with Crippen molar-refractivity contribution >= 4 is 11.3 Å². The molecule has 17 heavy (non-hydrogen) atoms. The molecular formula is C10H13F4NOS. The zero-order valence-electron chi connectivity index (χ0n) is 9.13. The quantitative estimate of drug-likeness (QED) is 0.770. The SMILES string of the molecule is CNC(COCC(F)(F)C(F)F)c1cccs1. The van der Waals surface area contributed by atoms with Crippen LogP contribution in [-0.2, 0) is 4.74 Å². The highest BCUT2D eigenvalue weighted by molar-refractivity contribution is 7.10. The van der Waals surface area contributed by atoms with E-state index in [1.54, 1.807) is 7.05 Å². The predicted octanol–water partition coefficient (Wildman–Crippen LogP) is 2.93. The third-order valence-corrected chi connectivity index (χ3v) is 3.12. The third-order valence-electron chi connectivity index (χ3n) is 2.13. The summed E-state index contributed by atoms with van der Waals surface area (Å²) in [5.41, 5.74) is 0. The molecule has 1 aromatic rings. The fourth-order valence-electron chi connectivity index (χ4n) is 1.17. The average molecular weight is 271 g/mol. The smallest absolute Gasteiger partial charge is 0.330 e. The van der Waals surface area contributed by atoms with Gasteiger partial charge in [-0.25, -0.2) is 8.78 Å². The van der Waals surface area contributed by atoms with Crippen LogP contribution in [0.1, 0.15) is 10.9 Å². The number of ether oxygens (including phenoxy) is 1. The van der Waals surface area contributed by atoms with E-state index < -0.39 is 19.0 Å². The Morgan fingerprint density at radius 2 is 2.18 bits per heavy atom. The van der Waals surface area contributed by atoms with Crippen LogP contribution >= 0.6 is 11.3 Å². The summed E-state index contributed by atoms with van der Waals surface area (Å²) in [4.78, 5) is 0.910. The molecule has 1 heterocycles. The van der Waals surface area contributed by atoms with E-state index >= 15 is 0 Å². The molecule has 0 radical (unpaired) electrons. The van der Waals surface area contributed by atoms with Crippen molar-refractivity contribution in [2.75, 3.05) is 20.3 Å². The number of halogens is 4. The number of thiophene rings is 1. The maximum absolute atomic E-state index is 12.6. The minimum absolute atomic E-state index is 0.0701. The van der Waals surface area contributed by atoms with Crippen molar-refractivity contribution in [3.63, 3.8) is 0 Å². The zero-order chi connectivity index (χ0) is 12.9. The minimum atomic E-state index is -4.09. The predicted molar refractivity (Wildman–Crippen MR) is 57.9 cm³/mol. The standard InChI is InChI=1S/C10H13F4NOS/c1-15-7(8-3-2-4-17-8)5-16-6-10(13,14)9(11)12/h2-4,7,9,15H,5-6H2,1H3. The van der Waals surface area contributed by atoms with E-state index in [-0.39, 0.29) is 12.6 Å². The van der Waals surface area contributed by atoms with Crippen LogP contribution < -0.4 is 5.32 Å². The molecule has 0 spiro atoms. The summed E-state index contributed by atoms with van der Waals surface area (Å²) in [5.74, 6) is -4.09. The summed E-state index contributed by atoms with van der Waals surface area (Å²) in [6.45, 7) is -1.34. The highest BCUT2D eigenvalue weighted by Crippen LogP contribution is 2.24. The molecule has 1 N–H and O–H groups in total. The van der Waals surface area contributed by atoms with Gasteiger partial charge in [-0.05, 0) is 18.5 Å². The zero-order valence-corrected chi connectivity index (χ0v) is 9.95. The first-order valence-corrected chi connectivity index (χ1v) is 5.79. The van der Waals surface area contributed by atoms with E-state index in [1.165, 1.54) is 11.3 Å². The van der Waals surface area contributed by atoms with Crippen LogP contribution in [0.5, 0.6) is 0 Å². The Morgan fingerprint density at radius 3 is 2.65 bits per heavy atom. The molecule has 0 aliphatic heterocycles. The Morgan fingerprint density at radius 1 is 1.47 bits per heavy atom. The lowest BCUT2D eigenvalue weighted by atomic mass is 10.2. The molecule has 0 saturated heterocycles. The lowest BCUT2D eigenvalue weighted by Gasteiger charge is -2.18. The molecule has 0 aliphatic rings. The second-order valence-corrected chi connectivity index (χ2v) is 4.41. The lowest BCUT2D eigenvalue weighted by molar-refractivity contribution is -0.167. The summed E-state index contributed by atoms with van der Waals surface area (Å²) < 4.78 is 53.4. The summed E-state index contributed by atoms with van der Waals surface area (Å²) >= 11 is 1.44. The number of alkyl halides is 4. The highest BCUT2D eigenvalue weighted by Gasteiger charge is 2.41. The average Bonchev–Trinajstić information content (AvgIpc) is 2.77. The first-order valence-electron chi connectivity index (χ1n) is 4.91. The van der Waals surface area contributed by atoms with Gasteiger partial charge in [0.2, 0.25) is 0 Å². The molecule has 0 amide bonds. The van der Waals surface area contributed by atoms with Gasteiger partial charge in [-0.15, -0.1) is 11.3 Å². The van der Waals surface area contributed by atoms with Crippen LogP contribution in [0.25, 0.3) is 0 Å². The summed E-state index contributed by atoms with van der Waals surface area (Å²) in [7, 11) is 1.65. The van der Waals surface area contributed by atoms with Crippen molar-refractivity contribution in [2.45, 2.75) is 18.4 Å². The molecule has 1 aromatic heterocycles. The van der Waals surface area contributed by atoms with E-state index in [4.69, 9.17) is 0 Å². The molecule has 0 aromatic carbocycles. The van der Waals surface area contributed by atoms with Crippen LogP contribution in [0.2, 0.25) is 0 Å². The van der Waals surface area contributed by atoms with E-state index in [0.29, 0.717) is 0 Å². The van der Waals surface area contributed by atoms with Crippen LogP contribution in [-0.4, -0.2) is 32.6 Å². The number of likely N-dealkylation sites (N-methyl/N-ethyl adjacent to an activating group) is 1. The van der Waals surface area contributed by atoms with Crippen LogP contribution in [0.4, 0.5) is 17.6 Å². The van der Waals surface area contributed by atoms with Gasteiger partial charge in [0.15, 0.2) is 0 Å². The maximum atomic E-state index is 12.6. The van der Waals surface area contributed by atoms with Gasteiger partial charge in [-0.1, -0.05) is 6.07 Å². The number of nitrogens with one attached hydrogen (secondary N) is 1. The monoisotopic (exact) mass is 271 g/mol. The fourth-order valence-corrected chi connectivity index (χ4v) is 1.99. The summed E-state index contributed by atoms with van der Waals surface area (Å²) in [5, 5.41) is 4.71. The van der Waals surface area contributed by atoms with Crippen molar-refractivity contribution in [1.29, 1.82) is 0 Å². The van der Waals surface area contributed by atoms with E-state index in [0.717, 1.165) is 4.88 Å². The van der Waals surface area contributed by atoms with Crippen molar-refractivity contribution in [3.05, 3.63) is 22.4 Å². The molecule has 0 saturated carbocycles. The number of rotatable bonds is 7. The number of hydrogen-bond donors (Lipinski definition) is 1. The molecule has 1 rings (SSSR count). The third kappa shape index (κ3) is 4.25. The van der Waals surface area contributed by atoms with E-state index in [2.05, 4.69) is 10.1 Å². The Hall–Kier alpha value is -0.660. The van der Waals surface area contributed by atoms with Crippen molar-refractivity contribution in [3.8, 4) is 0 Å². The van der Waals surface area contributed by atoms with Gasteiger partial charge in [-0.3, -0.25) is 0 Å². The largest absolute Gasteiger partial charge is 0.373 e. The topological polar surface area (TPSA) is 21.3 Å². The van der Waals surface area contributed by atoms with Gasteiger partial charge in [0.05, 0.1) is 12.6 Å². The molecule has 1 unspecified atom stereocenters. The second-order valence-electron chi connectivity index (χ2n) is 3.43. The summed E-state index contributed by atoms with van der Waals surface area (Å²) in [6.07, 6.45) is -3.70. The lowest BCUT2D eigenvalue weighted by Crippen LogP contribution is -2.34. The Balaban J connectivity index is 2.40. The van der Waals surface area contributed by atoms with Crippen LogP contribution in [0.15, 0.2) is 17.5 Å². The van der Waals surface area contributed by atoms with E-state index in [9.17, 15) is 17.6 Å². The van der Waals surface area contributed by atoms with E-state index in [1.807, 2.05) is 17.5 Å². The molecular weight excluding hydrogens is 258 g/mol. The second kappa shape index (κ2) is 6.32. The molecule has 2 nitrogen and oxygen atoms in total. The summed E-state index contributed by atoms with van der Waals surface area (Å²) in [6, 6.07) is 3.38. The number of hydrogen-bond acceptors (Lipinski definition) is 3. The van der Waals surface area contributed by atoms with Gasteiger partial charge in [-0.2, -0.15) is 8.78 Å². The van der Waals surface area contributed by atoms with Crippen LogP contribution in [0, 0.1) is 0 Å². The van der Waals surface area contributed by atoms with Gasteiger partial charge < -0.3 is 10.1 Å². The van der Waals surface area contributed by atoms with Gasteiger partial charge in [0, 0.05) is 4.88 Å². The Bertz CT molecular complexity index is 318. The Kier molecular flexibility index (Phi) is 5.35. The molecule has 1 atom stereocenters.